The highest BCUT2D eigenvalue weighted by Gasteiger charge is 2.33. The Hall–Kier alpha value is -0.660. The first-order chi connectivity index (χ1) is 10.0. The molecule has 2 unspecified atom stereocenters. The van der Waals surface area contributed by atoms with Crippen LogP contribution in [0.15, 0.2) is 0 Å². The lowest BCUT2D eigenvalue weighted by molar-refractivity contribution is -0.130. The molecule has 1 amide bonds. The Balaban J connectivity index is 1.49. The normalized spacial score (nSPS) is 33.4. The van der Waals surface area contributed by atoms with E-state index >= 15 is 0 Å². The zero-order valence-electron chi connectivity index (χ0n) is 12.5. The van der Waals surface area contributed by atoms with Gasteiger partial charge in [-0.2, -0.15) is 0 Å². The molecule has 3 aliphatic rings. The Morgan fingerprint density at radius 2 is 1.95 bits per heavy atom. The molecule has 6 nitrogen and oxygen atoms in total. The maximum atomic E-state index is 12.4. The van der Waals surface area contributed by atoms with E-state index in [0.29, 0.717) is 19.0 Å². The molecule has 0 spiro atoms. The van der Waals surface area contributed by atoms with Crippen LogP contribution < -0.4 is 5.32 Å². The van der Waals surface area contributed by atoms with E-state index in [1.807, 2.05) is 4.90 Å². The number of nitrogens with one attached hydrogen (secondary N) is 1. The first-order valence-electron chi connectivity index (χ1n) is 7.99. The van der Waals surface area contributed by atoms with E-state index in [1.165, 1.54) is 12.8 Å². The summed E-state index contributed by atoms with van der Waals surface area (Å²) in [7, 11) is -2.97. The SMILES string of the molecule is O=C(CC1CS(=O)(=O)CCN1)N1CCC(N2CCCC2)C1. The zero-order chi connectivity index (χ0) is 14.9. The lowest BCUT2D eigenvalue weighted by Gasteiger charge is -2.26. The molecular formula is C14H25N3O3S. The second-order valence-corrected chi connectivity index (χ2v) is 8.72. The van der Waals surface area contributed by atoms with Crippen LogP contribution in [0.3, 0.4) is 0 Å². The van der Waals surface area contributed by atoms with Crippen LogP contribution in [0.2, 0.25) is 0 Å². The monoisotopic (exact) mass is 315 g/mol. The topological polar surface area (TPSA) is 69.7 Å². The van der Waals surface area contributed by atoms with Gasteiger partial charge in [-0.1, -0.05) is 0 Å². The quantitative estimate of drug-likeness (QED) is 0.757. The summed E-state index contributed by atoms with van der Waals surface area (Å²) in [6.45, 7) is 4.43. The third-order valence-corrected chi connectivity index (χ3v) is 6.63. The van der Waals surface area contributed by atoms with Crippen molar-refractivity contribution in [2.75, 3.05) is 44.2 Å². The van der Waals surface area contributed by atoms with E-state index in [4.69, 9.17) is 0 Å². The van der Waals surface area contributed by atoms with Crippen molar-refractivity contribution in [3.8, 4) is 0 Å². The molecule has 2 atom stereocenters. The van der Waals surface area contributed by atoms with Crippen LogP contribution >= 0.6 is 0 Å². The van der Waals surface area contributed by atoms with E-state index in [9.17, 15) is 13.2 Å². The van der Waals surface area contributed by atoms with Gasteiger partial charge in [-0.15, -0.1) is 0 Å². The molecule has 21 heavy (non-hydrogen) atoms. The summed E-state index contributed by atoms with van der Waals surface area (Å²) in [6.07, 6.45) is 3.91. The van der Waals surface area contributed by atoms with Gasteiger partial charge in [0.15, 0.2) is 9.84 Å². The average Bonchev–Trinajstić information content (AvgIpc) is 3.09. The highest BCUT2D eigenvalue weighted by atomic mass is 32.2. The van der Waals surface area contributed by atoms with Gasteiger partial charge in [0.05, 0.1) is 11.5 Å². The summed E-state index contributed by atoms with van der Waals surface area (Å²) in [4.78, 5) is 16.8. The third-order valence-electron chi connectivity index (χ3n) is 4.90. The Labute approximate surface area is 126 Å². The second kappa shape index (κ2) is 6.22. The molecular weight excluding hydrogens is 290 g/mol. The number of carbonyl (C=O) groups excluding carboxylic acids is 1. The molecule has 0 aromatic rings. The van der Waals surface area contributed by atoms with Crippen molar-refractivity contribution in [3.63, 3.8) is 0 Å². The van der Waals surface area contributed by atoms with Gasteiger partial charge in [0, 0.05) is 38.1 Å². The Kier molecular flexibility index (Phi) is 4.51. The van der Waals surface area contributed by atoms with Crippen LogP contribution in [0.1, 0.15) is 25.7 Å². The van der Waals surface area contributed by atoms with E-state index in [0.717, 1.165) is 32.6 Å². The number of amides is 1. The predicted octanol–water partition coefficient (Wildman–Crippen LogP) is -0.540. The molecule has 0 saturated carbocycles. The maximum Gasteiger partial charge on any atom is 0.224 e. The summed E-state index contributed by atoms with van der Waals surface area (Å²) in [6, 6.07) is 0.307. The zero-order valence-corrected chi connectivity index (χ0v) is 13.3. The molecule has 3 fully saturated rings. The van der Waals surface area contributed by atoms with Gasteiger partial charge in [0.25, 0.3) is 0 Å². The number of hydrogen-bond acceptors (Lipinski definition) is 5. The minimum atomic E-state index is -2.97. The average molecular weight is 315 g/mol. The van der Waals surface area contributed by atoms with Gasteiger partial charge in [-0.05, 0) is 32.4 Å². The van der Waals surface area contributed by atoms with Crippen LogP contribution in [-0.2, 0) is 14.6 Å². The van der Waals surface area contributed by atoms with Gasteiger partial charge in [0.1, 0.15) is 0 Å². The van der Waals surface area contributed by atoms with E-state index < -0.39 is 9.84 Å². The van der Waals surface area contributed by atoms with Crippen molar-refractivity contribution in [1.29, 1.82) is 0 Å². The van der Waals surface area contributed by atoms with Crippen LogP contribution in [0.5, 0.6) is 0 Å². The summed E-state index contributed by atoms with van der Waals surface area (Å²) in [5.41, 5.74) is 0. The molecule has 0 aromatic heterocycles. The van der Waals surface area contributed by atoms with E-state index in [1.54, 1.807) is 0 Å². The second-order valence-electron chi connectivity index (χ2n) is 6.49. The fourth-order valence-corrected chi connectivity index (χ4v) is 5.16. The van der Waals surface area contributed by atoms with Crippen molar-refractivity contribution in [3.05, 3.63) is 0 Å². The summed E-state index contributed by atoms with van der Waals surface area (Å²) in [5, 5.41) is 3.16. The fraction of sp³-hybridized carbons (Fsp3) is 0.929. The van der Waals surface area contributed by atoms with Gasteiger partial charge >= 0.3 is 0 Å². The molecule has 0 radical (unpaired) electrons. The largest absolute Gasteiger partial charge is 0.341 e. The Morgan fingerprint density at radius 1 is 1.19 bits per heavy atom. The summed E-state index contributed by atoms with van der Waals surface area (Å²) >= 11 is 0. The van der Waals surface area contributed by atoms with Crippen molar-refractivity contribution in [1.82, 2.24) is 15.1 Å². The lowest BCUT2D eigenvalue weighted by atomic mass is 10.2. The Bertz CT molecular complexity index is 488. The standard InChI is InChI=1S/C14H25N3O3S/c18-14(9-12-11-21(19,20)8-4-15-12)17-7-3-13(10-17)16-5-1-2-6-16/h12-13,15H,1-11H2. The molecule has 1 N–H and O–H groups in total. The first-order valence-corrected chi connectivity index (χ1v) is 9.81. The minimum absolute atomic E-state index is 0.0993. The van der Waals surface area contributed by atoms with Crippen LogP contribution in [-0.4, -0.2) is 80.4 Å². The summed E-state index contributed by atoms with van der Waals surface area (Å²) < 4.78 is 23.2. The lowest BCUT2D eigenvalue weighted by Crippen LogP contribution is -2.48. The van der Waals surface area contributed by atoms with Crippen LogP contribution in [0.4, 0.5) is 0 Å². The molecule has 3 saturated heterocycles. The number of sulfone groups is 1. The maximum absolute atomic E-state index is 12.4. The minimum Gasteiger partial charge on any atom is -0.341 e. The third kappa shape index (κ3) is 3.76. The van der Waals surface area contributed by atoms with Gasteiger partial charge in [-0.25, -0.2) is 8.42 Å². The first kappa shape index (κ1) is 15.2. The van der Waals surface area contributed by atoms with Crippen molar-refractivity contribution >= 4 is 15.7 Å². The molecule has 3 aliphatic heterocycles. The highest BCUT2D eigenvalue weighted by molar-refractivity contribution is 7.91. The van der Waals surface area contributed by atoms with Crippen molar-refractivity contribution in [2.45, 2.75) is 37.8 Å². The van der Waals surface area contributed by atoms with Gasteiger partial charge in [0.2, 0.25) is 5.91 Å². The van der Waals surface area contributed by atoms with E-state index in [2.05, 4.69) is 10.2 Å². The molecule has 0 aliphatic carbocycles. The van der Waals surface area contributed by atoms with E-state index in [-0.39, 0.29) is 23.5 Å². The van der Waals surface area contributed by atoms with Crippen molar-refractivity contribution in [2.24, 2.45) is 0 Å². The predicted molar refractivity (Wildman–Crippen MR) is 80.9 cm³/mol. The number of hydrogen-bond donors (Lipinski definition) is 1. The number of rotatable bonds is 3. The highest BCUT2D eigenvalue weighted by Crippen LogP contribution is 2.21. The molecule has 0 aromatic carbocycles. The van der Waals surface area contributed by atoms with Crippen LogP contribution in [0, 0.1) is 0 Å². The number of nitrogens with zero attached hydrogens (tertiary/aromatic N) is 2. The molecule has 3 rings (SSSR count). The van der Waals surface area contributed by atoms with Gasteiger partial charge < -0.3 is 10.2 Å². The van der Waals surface area contributed by atoms with Gasteiger partial charge in [-0.3, -0.25) is 9.69 Å². The van der Waals surface area contributed by atoms with Crippen molar-refractivity contribution < 1.29 is 13.2 Å². The number of carbonyl (C=O) groups is 1. The van der Waals surface area contributed by atoms with Crippen LogP contribution in [0.25, 0.3) is 0 Å². The Morgan fingerprint density at radius 3 is 2.67 bits per heavy atom. The number of likely N-dealkylation sites (tertiary alicyclic amines) is 2. The fourth-order valence-electron chi connectivity index (χ4n) is 3.71. The smallest absolute Gasteiger partial charge is 0.224 e. The summed E-state index contributed by atoms with van der Waals surface area (Å²) in [5.74, 6) is 0.395. The molecule has 0 bridgehead atoms. The molecule has 120 valence electrons. The molecule has 7 heteroatoms. The molecule has 3 heterocycles.